The maximum absolute atomic E-state index is 12.2. The average Bonchev–Trinajstić information content (AvgIpc) is 2.44. The maximum Gasteiger partial charge on any atom is 0.433 e. The number of H-pyrrole nitrogens is 1. The summed E-state index contributed by atoms with van der Waals surface area (Å²) in [6.45, 7) is 0. The van der Waals surface area contributed by atoms with Gasteiger partial charge >= 0.3 is 6.18 Å². The summed E-state index contributed by atoms with van der Waals surface area (Å²) in [6.07, 6.45) is -4.68. The highest BCUT2D eigenvalue weighted by molar-refractivity contribution is 5.34. The summed E-state index contributed by atoms with van der Waals surface area (Å²) >= 11 is 0. The number of aromatic nitrogens is 4. The van der Waals surface area contributed by atoms with Crippen molar-refractivity contribution in [3.63, 3.8) is 0 Å². The Morgan fingerprint density at radius 3 is 2.67 bits per heavy atom. The van der Waals surface area contributed by atoms with E-state index in [2.05, 4.69) is 15.1 Å². The SMILES string of the molecule is Nc1nc2nc(C(F)(F)F)cc(=O)n2[nH]1. The molecule has 0 saturated heterocycles. The Balaban J connectivity index is 2.78. The molecule has 0 atom stereocenters. The Bertz CT molecular complexity index is 568. The third-order valence-corrected chi connectivity index (χ3v) is 1.64. The van der Waals surface area contributed by atoms with Gasteiger partial charge in [0.2, 0.25) is 5.95 Å². The van der Waals surface area contributed by atoms with E-state index in [-0.39, 0.29) is 5.95 Å². The van der Waals surface area contributed by atoms with Crippen LogP contribution in [-0.2, 0) is 6.18 Å². The summed E-state index contributed by atoms with van der Waals surface area (Å²) in [7, 11) is 0. The summed E-state index contributed by atoms with van der Waals surface area (Å²) in [6, 6.07) is 0.366. The lowest BCUT2D eigenvalue weighted by atomic mass is 10.4. The molecule has 6 nitrogen and oxygen atoms in total. The van der Waals surface area contributed by atoms with Gasteiger partial charge in [0.25, 0.3) is 11.3 Å². The second-order valence-electron chi connectivity index (χ2n) is 2.72. The van der Waals surface area contributed by atoms with Gasteiger partial charge in [0.05, 0.1) is 0 Å². The molecule has 3 N–H and O–H groups in total. The molecule has 0 spiro atoms. The minimum atomic E-state index is -4.68. The zero-order valence-corrected chi connectivity index (χ0v) is 7.04. The van der Waals surface area contributed by atoms with Gasteiger partial charge in [-0.3, -0.25) is 9.89 Å². The number of halogens is 3. The second-order valence-corrected chi connectivity index (χ2v) is 2.72. The number of fused-ring (bicyclic) bond motifs is 1. The molecule has 0 radical (unpaired) electrons. The molecule has 0 bridgehead atoms. The molecule has 2 aromatic heterocycles. The van der Waals surface area contributed by atoms with Crippen LogP contribution >= 0.6 is 0 Å². The molecule has 2 rings (SSSR count). The lowest BCUT2D eigenvalue weighted by Crippen LogP contribution is -2.20. The van der Waals surface area contributed by atoms with Gasteiger partial charge in [-0.2, -0.15) is 22.7 Å². The summed E-state index contributed by atoms with van der Waals surface area (Å²) in [5.41, 5.74) is 2.96. The van der Waals surface area contributed by atoms with E-state index in [1.54, 1.807) is 0 Å². The lowest BCUT2D eigenvalue weighted by molar-refractivity contribution is -0.141. The molecule has 0 amide bonds. The fourth-order valence-electron chi connectivity index (χ4n) is 1.04. The zero-order chi connectivity index (χ0) is 11.2. The third-order valence-electron chi connectivity index (χ3n) is 1.64. The van der Waals surface area contributed by atoms with Crippen LogP contribution in [-0.4, -0.2) is 19.6 Å². The molecule has 2 aromatic rings. The fraction of sp³-hybridized carbons (Fsp3) is 0.167. The van der Waals surface area contributed by atoms with Gasteiger partial charge in [0.15, 0.2) is 5.69 Å². The molecule has 0 saturated carbocycles. The van der Waals surface area contributed by atoms with Crippen molar-refractivity contribution >= 4 is 11.7 Å². The highest BCUT2D eigenvalue weighted by Crippen LogP contribution is 2.26. The molecular weight excluding hydrogens is 215 g/mol. The first-order chi connectivity index (χ1) is 6.88. The maximum atomic E-state index is 12.2. The van der Waals surface area contributed by atoms with E-state index in [1.807, 2.05) is 0 Å². The fourth-order valence-corrected chi connectivity index (χ4v) is 1.04. The van der Waals surface area contributed by atoms with E-state index < -0.39 is 23.2 Å². The van der Waals surface area contributed by atoms with E-state index in [1.165, 1.54) is 0 Å². The summed E-state index contributed by atoms with van der Waals surface area (Å²) in [5, 5.41) is 2.25. The Kier molecular flexibility index (Phi) is 1.72. The number of hydrogen-bond acceptors (Lipinski definition) is 4. The van der Waals surface area contributed by atoms with Crippen molar-refractivity contribution in [3.05, 3.63) is 22.1 Å². The number of nitrogens with zero attached hydrogens (tertiary/aromatic N) is 3. The smallest absolute Gasteiger partial charge is 0.368 e. The predicted molar refractivity (Wildman–Crippen MR) is 43.0 cm³/mol. The van der Waals surface area contributed by atoms with Crippen molar-refractivity contribution in [3.8, 4) is 0 Å². The molecule has 0 aliphatic carbocycles. The molecule has 9 heteroatoms. The number of hydrogen-bond donors (Lipinski definition) is 2. The van der Waals surface area contributed by atoms with Gasteiger partial charge in [-0.15, -0.1) is 0 Å². The van der Waals surface area contributed by atoms with Crippen molar-refractivity contribution in [2.45, 2.75) is 6.18 Å². The summed E-state index contributed by atoms with van der Waals surface area (Å²) in [5.74, 6) is -0.591. The molecule has 2 heterocycles. The van der Waals surface area contributed by atoms with Gasteiger partial charge in [-0.05, 0) is 0 Å². The van der Waals surface area contributed by atoms with Crippen molar-refractivity contribution in [1.29, 1.82) is 0 Å². The quantitative estimate of drug-likeness (QED) is 0.653. The van der Waals surface area contributed by atoms with Crippen LogP contribution in [0.5, 0.6) is 0 Å². The number of nitrogens with two attached hydrogens (primary N) is 1. The molecule has 0 fully saturated rings. The van der Waals surface area contributed by atoms with Gasteiger partial charge in [-0.25, -0.2) is 4.98 Å². The highest BCUT2D eigenvalue weighted by Gasteiger charge is 2.33. The minimum absolute atomic E-state index is 0.182. The number of aromatic amines is 1. The first kappa shape index (κ1) is 9.49. The first-order valence-electron chi connectivity index (χ1n) is 3.70. The van der Waals surface area contributed by atoms with Gasteiger partial charge in [0.1, 0.15) is 0 Å². The van der Waals surface area contributed by atoms with E-state index in [0.29, 0.717) is 6.07 Å². The Morgan fingerprint density at radius 2 is 2.07 bits per heavy atom. The van der Waals surface area contributed by atoms with Crippen LogP contribution in [0.2, 0.25) is 0 Å². The molecule has 0 unspecified atom stereocenters. The number of anilines is 1. The molecular formula is C6H4F3N5O. The van der Waals surface area contributed by atoms with Gasteiger partial charge in [-0.1, -0.05) is 0 Å². The van der Waals surface area contributed by atoms with Crippen molar-refractivity contribution in [2.75, 3.05) is 5.73 Å². The molecule has 80 valence electrons. The first-order valence-corrected chi connectivity index (χ1v) is 3.70. The molecule has 0 aliphatic heterocycles. The number of rotatable bonds is 0. The van der Waals surface area contributed by atoms with Crippen LogP contribution in [0.3, 0.4) is 0 Å². The zero-order valence-electron chi connectivity index (χ0n) is 7.04. The van der Waals surface area contributed by atoms with Crippen LogP contribution in [0, 0.1) is 0 Å². The van der Waals surface area contributed by atoms with Crippen molar-refractivity contribution in [2.24, 2.45) is 0 Å². The standard InChI is InChI=1S/C6H4F3N5O/c7-6(8,9)2-1-3(15)14-5(11-2)12-4(10)13-14/h1H,(H3,10,11,12,13). The highest BCUT2D eigenvalue weighted by atomic mass is 19.4. The van der Waals surface area contributed by atoms with E-state index >= 15 is 0 Å². The topological polar surface area (TPSA) is 89.1 Å². The normalized spacial score (nSPS) is 12.2. The third kappa shape index (κ3) is 1.51. The minimum Gasteiger partial charge on any atom is -0.368 e. The van der Waals surface area contributed by atoms with Crippen LogP contribution < -0.4 is 11.3 Å². The lowest BCUT2D eigenvalue weighted by Gasteiger charge is -2.03. The summed E-state index contributed by atoms with van der Waals surface area (Å²) < 4.78 is 37.4. The van der Waals surface area contributed by atoms with Crippen LogP contribution in [0.25, 0.3) is 5.78 Å². The summed E-state index contributed by atoms with van der Waals surface area (Å²) in [4.78, 5) is 17.7. The Labute approximate surface area is 79.5 Å². The number of nitrogens with one attached hydrogen (secondary N) is 1. The molecule has 0 aliphatic rings. The second kappa shape index (κ2) is 2.72. The van der Waals surface area contributed by atoms with Crippen LogP contribution in [0.4, 0.5) is 19.1 Å². The van der Waals surface area contributed by atoms with Gasteiger partial charge < -0.3 is 5.73 Å². The van der Waals surface area contributed by atoms with Crippen molar-refractivity contribution in [1.82, 2.24) is 19.6 Å². The average molecular weight is 219 g/mol. The Morgan fingerprint density at radius 1 is 1.40 bits per heavy atom. The molecule has 0 aromatic carbocycles. The Hall–Kier alpha value is -2.06. The van der Waals surface area contributed by atoms with E-state index in [9.17, 15) is 18.0 Å². The number of alkyl halides is 3. The van der Waals surface area contributed by atoms with E-state index in [0.717, 1.165) is 4.52 Å². The largest absolute Gasteiger partial charge is 0.433 e. The van der Waals surface area contributed by atoms with Gasteiger partial charge in [0, 0.05) is 6.07 Å². The monoisotopic (exact) mass is 219 g/mol. The number of nitrogen functional groups attached to an aromatic ring is 1. The van der Waals surface area contributed by atoms with Crippen molar-refractivity contribution < 1.29 is 13.2 Å². The van der Waals surface area contributed by atoms with Crippen LogP contribution in [0.15, 0.2) is 10.9 Å². The van der Waals surface area contributed by atoms with Crippen LogP contribution in [0.1, 0.15) is 5.69 Å². The molecule has 15 heavy (non-hydrogen) atoms. The predicted octanol–water partition coefficient (Wildman–Crippen LogP) is 0.0186. The van der Waals surface area contributed by atoms with E-state index in [4.69, 9.17) is 5.73 Å².